The summed E-state index contributed by atoms with van der Waals surface area (Å²) in [6.07, 6.45) is 10.2. The second-order valence-corrected chi connectivity index (χ2v) is 19.1. The summed E-state index contributed by atoms with van der Waals surface area (Å²) in [4.78, 5) is 38.4. The van der Waals surface area contributed by atoms with Gasteiger partial charge in [-0.05, 0) is 119 Å². The molecule has 13 nitrogen and oxygen atoms in total. The molecular weight excluding hydrogens is 777 g/mol. The average Bonchev–Trinajstić information content (AvgIpc) is 3.63. The molecule has 3 aromatic rings. The molecule has 3 heterocycles. The Balaban J connectivity index is 0.000000205. The van der Waals surface area contributed by atoms with E-state index in [0.717, 1.165) is 82.2 Å². The van der Waals surface area contributed by atoms with E-state index in [9.17, 15) is 23.1 Å². The summed E-state index contributed by atoms with van der Waals surface area (Å²) in [6.45, 7) is 17.6. The third kappa shape index (κ3) is 10.1. The maximum atomic E-state index is 13.7. The number of hydrogen-bond donors (Lipinski definition) is 4. The maximum absolute atomic E-state index is 13.7. The van der Waals surface area contributed by atoms with Crippen LogP contribution in [0, 0.1) is 11.8 Å². The first-order valence-corrected chi connectivity index (χ1v) is 23.8. The Morgan fingerprint density at radius 2 is 1.70 bits per heavy atom. The van der Waals surface area contributed by atoms with Crippen molar-refractivity contribution >= 4 is 33.1 Å². The van der Waals surface area contributed by atoms with E-state index in [2.05, 4.69) is 73.7 Å². The molecule has 0 bridgehead atoms. The molecule has 4 N–H and O–H groups in total. The summed E-state index contributed by atoms with van der Waals surface area (Å²) < 4.78 is 29.8. The van der Waals surface area contributed by atoms with Crippen molar-refractivity contribution in [1.29, 1.82) is 0 Å². The maximum Gasteiger partial charge on any atom is 0.324 e. The minimum absolute atomic E-state index is 0.0562. The number of benzene rings is 2. The van der Waals surface area contributed by atoms with Gasteiger partial charge in [-0.3, -0.25) is 19.5 Å². The molecule has 2 fully saturated rings. The molecule has 330 valence electrons. The lowest BCUT2D eigenvalue weighted by molar-refractivity contribution is -0.135. The fourth-order valence-corrected chi connectivity index (χ4v) is 11.9. The molecule has 4 aliphatic rings. The first kappa shape index (κ1) is 45.7. The molecule has 6 atom stereocenters. The highest BCUT2D eigenvalue weighted by Crippen LogP contribution is 2.45. The van der Waals surface area contributed by atoms with Crippen molar-refractivity contribution in [1.82, 2.24) is 38.9 Å². The lowest BCUT2D eigenvalue weighted by Crippen LogP contribution is -2.59. The molecule has 1 aromatic heterocycles. The number of aromatic hydroxyl groups is 1. The van der Waals surface area contributed by atoms with E-state index in [-0.39, 0.29) is 29.8 Å². The Hall–Kier alpha value is -3.79. The number of urea groups is 1. The number of H-pyrrole nitrogens is 1. The summed E-state index contributed by atoms with van der Waals surface area (Å²) in [7, 11) is 0.551. The molecule has 2 aromatic carbocycles. The van der Waals surface area contributed by atoms with E-state index < -0.39 is 10.2 Å². The minimum Gasteiger partial charge on any atom is -0.508 e. The average molecular weight is 847 g/mol. The number of imide groups is 1. The Morgan fingerprint density at radius 1 is 0.950 bits per heavy atom. The van der Waals surface area contributed by atoms with Gasteiger partial charge in [-0.1, -0.05) is 51.1 Å². The van der Waals surface area contributed by atoms with Crippen LogP contribution in [0.4, 0.5) is 4.79 Å². The van der Waals surface area contributed by atoms with Crippen molar-refractivity contribution < 1.29 is 23.1 Å². The SMILES string of the molecule is C=CCN1C[C@H](C(=O)N(CCCN(C)C)C(=O)NCC)C[C@@H]2c3cccc4[nH]cc(c34)C[C@H]21.CCCN1C[C@@H](NS(=O)(=O)N(CC)CC)C[C@@H]2Cc3c(O)cccc3C[C@H]21. The molecule has 14 heteroatoms. The van der Waals surface area contributed by atoms with Gasteiger partial charge in [-0.15, -0.1) is 6.58 Å². The van der Waals surface area contributed by atoms with Gasteiger partial charge in [0.05, 0.1) is 5.92 Å². The monoisotopic (exact) mass is 847 g/mol. The van der Waals surface area contributed by atoms with Gasteiger partial charge in [0.25, 0.3) is 10.2 Å². The van der Waals surface area contributed by atoms with E-state index in [1.54, 1.807) is 6.07 Å². The van der Waals surface area contributed by atoms with E-state index in [4.69, 9.17) is 0 Å². The van der Waals surface area contributed by atoms with Crippen LogP contribution in [0.1, 0.15) is 81.5 Å². The fraction of sp³-hybridized carbons (Fsp3) is 0.609. The van der Waals surface area contributed by atoms with E-state index in [0.29, 0.717) is 56.5 Å². The van der Waals surface area contributed by atoms with Crippen molar-refractivity contribution in [2.24, 2.45) is 11.8 Å². The van der Waals surface area contributed by atoms with Gasteiger partial charge in [0.15, 0.2) is 0 Å². The number of piperidine rings is 2. The zero-order valence-corrected chi connectivity index (χ0v) is 37.6. The van der Waals surface area contributed by atoms with Crippen LogP contribution in [-0.2, 0) is 34.3 Å². The van der Waals surface area contributed by atoms with E-state index in [1.165, 1.54) is 31.3 Å². The molecular formula is C46H70N8O5S. The number of nitrogens with one attached hydrogen (secondary N) is 3. The highest BCUT2D eigenvalue weighted by Gasteiger charge is 2.44. The molecule has 60 heavy (non-hydrogen) atoms. The van der Waals surface area contributed by atoms with Crippen LogP contribution in [0.25, 0.3) is 10.9 Å². The van der Waals surface area contributed by atoms with Crippen LogP contribution in [0.15, 0.2) is 55.3 Å². The predicted molar refractivity (Wildman–Crippen MR) is 240 cm³/mol. The molecule has 2 aliphatic carbocycles. The van der Waals surface area contributed by atoms with Gasteiger partial charge in [-0.2, -0.15) is 17.4 Å². The van der Waals surface area contributed by atoms with Crippen molar-refractivity contribution in [3.8, 4) is 5.75 Å². The second-order valence-electron chi connectivity index (χ2n) is 17.4. The molecule has 0 saturated carbocycles. The van der Waals surface area contributed by atoms with Crippen LogP contribution in [-0.4, -0.2) is 145 Å². The number of phenols is 1. The first-order valence-electron chi connectivity index (χ1n) is 22.3. The smallest absolute Gasteiger partial charge is 0.324 e. The lowest BCUT2D eigenvalue weighted by atomic mass is 9.72. The fourth-order valence-electron chi connectivity index (χ4n) is 10.5. The van der Waals surface area contributed by atoms with Crippen molar-refractivity contribution in [2.45, 2.75) is 96.7 Å². The zero-order chi connectivity index (χ0) is 43.1. The minimum atomic E-state index is -3.46. The van der Waals surface area contributed by atoms with Crippen LogP contribution in [0.5, 0.6) is 5.75 Å². The first-order chi connectivity index (χ1) is 28.8. The molecule has 0 spiro atoms. The zero-order valence-electron chi connectivity index (χ0n) is 36.8. The van der Waals surface area contributed by atoms with E-state index in [1.807, 2.05) is 47.0 Å². The Labute approximate surface area is 358 Å². The van der Waals surface area contributed by atoms with Crippen LogP contribution in [0.3, 0.4) is 0 Å². The summed E-state index contributed by atoms with van der Waals surface area (Å²) in [5.74, 6) is 0.718. The van der Waals surface area contributed by atoms with Gasteiger partial charge < -0.3 is 20.3 Å². The lowest BCUT2D eigenvalue weighted by Gasteiger charge is -2.47. The summed E-state index contributed by atoms with van der Waals surface area (Å²) in [6, 6.07) is 12.6. The standard InChI is InChI=1S/C26H37N5O2.C20H33N3O3S/c1-5-11-30-17-19(25(32)31(26(33)27-6-2)13-8-12-29(3)4)14-21-20-9-7-10-22-24(20)18(16-28-22)15-23(21)30;1-4-10-22-14-17(21-27(25,26)23(5-2)6-3)11-16-12-18-15(13-19(16)22)8-7-9-20(18)24/h5,7,9-10,16,19,21,23,28H,1,6,8,11-15,17H2,2-4H3,(H,27,33);7-9,16-17,19,21,24H,4-6,10-14H2,1-3H3/t19-,21-,23-;16-,17+,19-/m11/s1. The number of amides is 3. The Bertz CT molecular complexity index is 2050. The van der Waals surface area contributed by atoms with Gasteiger partial charge >= 0.3 is 6.03 Å². The van der Waals surface area contributed by atoms with E-state index >= 15 is 0 Å². The Kier molecular flexibility index (Phi) is 15.5. The number of likely N-dealkylation sites (tertiary alicyclic amines) is 2. The number of nitrogens with zero attached hydrogens (tertiary/aromatic N) is 5. The number of fused-ring (bicyclic) bond motifs is 4. The molecule has 2 aliphatic heterocycles. The Morgan fingerprint density at radius 3 is 2.40 bits per heavy atom. The number of aromatic nitrogens is 1. The van der Waals surface area contributed by atoms with Gasteiger partial charge in [0, 0.05) is 87.0 Å². The van der Waals surface area contributed by atoms with Gasteiger partial charge in [-0.25, -0.2) is 4.79 Å². The molecule has 7 rings (SSSR count). The number of carbonyl (C=O) groups is 2. The molecule has 2 saturated heterocycles. The molecule has 0 unspecified atom stereocenters. The van der Waals surface area contributed by atoms with Crippen LogP contribution < -0.4 is 10.0 Å². The quantitative estimate of drug-likeness (QED) is 0.151. The highest BCUT2D eigenvalue weighted by atomic mass is 32.2. The number of hydrogen-bond acceptors (Lipinski definition) is 8. The van der Waals surface area contributed by atoms with Crippen molar-refractivity contribution in [3.63, 3.8) is 0 Å². The van der Waals surface area contributed by atoms with Gasteiger partial charge in [0.2, 0.25) is 5.91 Å². The molecule has 0 radical (unpaired) electrons. The normalized spacial score (nSPS) is 23.9. The predicted octanol–water partition coefficient (Wildman–Crippen LogP) is 5.33. The third-order valence-electron chi connectivity index (χ3n) is 13.2. The topological polar surface area (TPSA) is 145 Å². The summed E-state index contributed by atoms with van der Waals surface area (Å²) in [5.41, 5.74) is 6.12. The largest absolute Gasteiger partial charge is 0.508 e. The van der Waals surface area contributed by atoms with Crippen LogP contribution >= 0.6 is 0 Å². The van der Waals surface area contributed by atoms with Gasteiger partial charge in [0.1, 0.15) is 5.75 Å². The third-order valence-corrected chi connectivity index (χ3v) is 15.0. The number of carbonyl (C=O) groups excluding carboxylic acids is 2. The van der Waals surface area contributed by atoms with Crippen molar-refractivity contribution in [3.05, 3.63) is 77.5 Å². The molecule has 3 amide bonds. The van der Waals surface area contributed by atoms with Crippen LogP contribution in [0.2, 0.25) is 0 Å². The summed E-state index contributed by atoms with van der Waals surface area (Å²) >= 11 is 0. The van der Waals surface area contributed by atoms with Crippen molar-refractivity contribution in [2.75, 3.05) is 73.0 Å². The highest BCUT2D eigenvalue weighted by molar-refractivity contribution is 7.87. The number of phenolic OH excluding ortho intramolecular Hbond substituents is 1. The summed E-state index contributed by atoms with van der Waals surface area (Å²) in [5, 5.41) is 14.4. The number of rotatable bonds is 15. The number of aromatic amines is 1. The second kappa shape index (κ2) is 20.4.